The van der Waals surface area contributed by atoms with Gasteiger partial charge in [0, 0.05) is 38.6 Å². The third-order valence-electron chi connectivity index (χ3n) is 4.80. The molecule has 2 unspecified atom stereocenters. The number of urea groups is 1. The minimum Gasteiger partial charge on any atom is -0.339 e. The second-order valence-electron chi connectivity index (χ2n) is 6.07. The Labute approximate surface area is 114 Å². The topological polar surface area (TPSA) is 52.7 Å². The molecule has 19 heavy (non-hydrogen) atoms. The first-order valence-corrected chi connectivity index (χ1v) is 7.50. The standard InChI is InChI=1S/C14H23N3O2/c1-2-15-14(19)17-5-3-16(4-6-17)13(18)12-8-10-7-11(10)9-12/h10-12H,2-9H2,1H3,(H,15,19). The molecule has 1 saturated heterocycles. The summed E-state index contributed by atoms with van der Waals surface area (Å²) in [5.41, 5.74) is 0. The largest absolute Gasteiger partial charge is 0.339 e. The van der Waals surface area contributed by atoms with Gasteiger partial charge in [-0.05, 0) is 38.0 Å². The van der Waals surface area contributed by atoms with Gasteiger partial charge < -0.3 is 15.1 Å². The Morgan fingerprint density at radius 3 is 2.16 bits per heavy atom. The normalized spacial score (nSPS) is 33.0. The molecule has 106 valence electrons. The van der Waals surface area contributed by atoms with E-state index in [1.807, 2.05) is 11.8 Å². The van der Waals surface area contributed by atoms with Crippen molar-refractivity contribution in [3.8, 4) is 0 Å². The highest BCUT2D eigenvalue weighted by Crippen LogP contribution is 2.54. The van der Waals surface area contributed by atoms with Crippen LogP contribution in [0.3, 0.4) is 0 Å². The van der Waals surface area contributed by atoms with Gasteiger partial charge in [0.05, 0.1) is 0 Å². The number of fused-ring (bicyclic) bond motifs is 1. The molecule has 0 aromatic rings. The maximum atomic E-state index is 12.4. The fourth-order valence-electron chi connectivity index (χ4n) is 3.57. The maximum Gasteiger partial charge on any atom is 0.317 e. The van der Waals surface area contributed by atoms with E-state index in [1.54, 1.807) is 4.90 Å². The Balaban J connectivity index is 1.47. The lowest BCUT2D eigenvalue weighted by Crippen LogP contribution is -2.54. The first-order valence-electron chi connectivity index (χ1n) is 7.50. The fourth-order valence-corrected chi connectivity index (χ4v) is 3.57. The van der Waals surface area contributed by atoms with Crippen LogP contribution in [-0.4, -0.2) is 54.5 Å². The van der Waals surface area contributed by atoms with Gasteiger partial charge in [-0.3, -0.25) is 4.79 Å². The van der Waals surface area contributed by atoms with E-state index in [4.69, 9.17) is 0 Å². The Morgan fingerprint density at radius 1 is 1.00 bits per heavy atom. The highest BCUT2D eigenvalue weighted by molar-refractivity contribution is 5.80. The smallest absolute Gasteiger partial charge is 0.317 e. The third kappa shape index (κ3) is 2.55. The number of amides is 3. The molecule has 1 N–H and O–H groups in total. The summed E-state index contributed by atoms with van der Waals surface area (Å²) in [5.74, 6) is 2.32. The molecule has 3 fully saturated rings. The van der Waals surface area contributed by atoms with Crippen LogP contribution in [0.2, 0.25) is 0 Å². The van der Waals surface area contributed by atoms with Crippen molar-refractivity contribution in [2.75, 3.05) is 32.7 Å². The number of hydrogen-bond donors (Lipinski definition) is 1. The van der Waals surface area contributed by atoms with Crippen molar-refractivity contribution in [3.63, 3.8) is 0 Å². The molecule has 0 radical (unpaired) electrons. The molecule has 0 bridgehead atoms. The van der Waals surface area contributed by atoms with Crippen LogP contribution in [0.15, 0.2) is 0 Å². The van der Waals surface area contributed by atoms with Crippen molar-refractivity contribution < 1.29 is 9.59 Å². The number of carbonyl (C=O) groups is 2. The zero-order chi connectivity index (χ0) is 13.4. The molecule has 0 aromatic heterocycles. The van der Waals surface area contributed by atoms with E-state index in [0.717, 1.165) is 24.7 Å². The van der Waals surface area contributed by atoms with E-state index in [-0.39, 0.29) is 11.9 Å². The van der Waals surface area contributed by atoms with Gasteiger partial charge in [-0.2, -0.15) is 0 Å². The van der Waals surface area contributed by atoms with Gasteiger partial charge in [0.25, 0.3) is 0 Å². The van der Waals surface area contributed by atoms with Crippen LogP contribution in [0.5, 0.6) is 0 Å². The highest BCUT2D eigenvalue weighted by atomic mass is 16.2. The Hall–Kier alpha value is -1.26. The van der Waals surface area contributed by atoms with Crippen molar-refractivity contribution in [3.05, 3.63) is 0 Å². The lowest BCUT2D eigenvalue weighted by molar-refractivity contribution is -0.137. The zero-order valence-corrected chi connectivity index (χ0v) is 11.6. The van der Waals surface area contributed by atoms with Gasteiger partial charge in [0.15, 0.2) is 0 Å². The lowest BCUT2D eigenvalue weighted by Gasteiger charge is -2.36. The van der Waals surface area contributed by atoms with Crippen LogP contribution in [0.1, 0.15) is 26.2 Å². The molecular formula is C14H23N3O2. The summed E-state index contributed by atoms with van der Waals surface area (Å²) in [5, 5.41) is 2.81. The molecular weight excluding hydrogens is 242 g/mol. The van der Waals surface area contributed by atoms with Crippen LogP contribution in [0.25, 0.3) is 0 Å². The summed E-state index contributed by atoms with van der Waals surface area (Å²) in [6.07, 6.45) is 3.58. The summed E-state index contributed by atoms with van der Waals surface area (Å²) in [6, 6.07) is -0.00305. The van der Waals surface area contributed by atoms with Gasteiger partial charge in [-0.1, -0.05) is 0 Å². The molecule has 2 atom stereocenters. The van der Waals surface area contributed by atoms with Crippen LogP contribution in [0.4, 0.5) is 4.79 Å². The Morgan fingerprint density at radius 2 is 1.58 bits per heavy atom. The second kappa shape index (κ2) is 5.02. The van der Waals surface area contributed by atoms with E-state index in [9.17, 15) is 9.59 Å². The van der Waals surface area contributed by atoms with E-state index in [2.05, 4.69) is 5.32 Å². The summed E-state index contributed by atoms with van der Waals surface area (Å²) in [6.45, 7) is 5.30. The van der Waals surface area contributed by atoms with Crippen molar-refractivity contribution >= 4 is 11.9 Å². The monoisotopic (exact) mass is 265 g/mol. The molecule has 2 aliphatic carbocycles. The van der Waals surface area contributed by atoms with E-state index >= 15 is 0 Å². The molecule has 3 rings (SSSR count). The second-order valence-corrected chi connectivity index (χ2v) is 6.07. The van der Waals surface area contributed by atoms with Gasteiger partial charge >= 0.3 is 6.03 Å². The van der Waals surface area contributed by atoms with Crippen molar-refractivity contribution in [2.45, 2.75) is 26.2 Å². The zero-order valence-electron chi connectivity index (χ0n) is 11.6. The van der Waals surface area contributed by atoms with Crippen molar-refractivity contribution in [2.24, 2.45) is 17.8 Å². The van der Waals surface area contributed by atoms with Crippen LogP contribution in [-0.2, 0) is 4.79 Å². The van der Waals surface area contributed by atoms with Gasteiger partial charge in [0.1, 0.15) is 0 Å². The Bertz CT molecular complexity index is 367. The molecule has 0 aromatic carbocycles. The molecule has 5 heteroatoms. The first-order chi connectivity index (χ1) is 9.19. The quantitative estimate of drug-likeness (QED) is 0.806. The maximum absolute atomic E-state index is 12.4. The summed E-state index contributed by atoms with van der Waals surface area (Å²) in [4.78, 5) is 27.8. The summed E-state index contributed by atoms with van der Waals surface area (Å²) < 4.78 is 0. The average Bonchev–Trinajstić information content (AvgIpc) is 3.05. The van der Waals surface area contributed by atoms with E-state index in [0.29, 0.717) is 38.6 Å². The van der Waals surface area contributed by atoms with Crippen LogP contribution in [0, 0.1) is 17.8 Å². The highest BCUT2D eigenvalue weighted by Gasteiger charge is 2.48. The SMILES string of the molecule is CCNC(=O)N1CCN(C(=O)C2CC3CC3C2)CC1. The molecule has 1 aliphatic heterocycles. The van der Waals surface area contributed by atoms with Crippen LogP contribution >= 0.6 is 0 Å². The molecule has 2 saturated carbocycles. The van der Waals surface area contributed by atoms with Crippen molar-refractivity contribution in [1.82, 2.24) is 15.1 Å². The Kier molecular flexibility index (Phi) is 3.37. The van der Waals surface area contributed by atoms with Crippen molar-refractivity contribution in [1.29, 1.82) is 0 Å². The number of rotatable bonds is 2. The number of piperazine rings is 1. The molecule has 3 amide bonds. The minimum absolute atomic E-state index is 0.00305. The summed E-state index contributed by atoms with van der Waals surface area (Å²) in [7, 11) is 0. The number of hydrogen-bond acceptors (Lipinski definition) is 2. The van der Waals surface area contributed by atoms with Gasteiger partial charge in [0.2, 0.25) is 5.91 Å². The van der Waals surface area contributed by atoms with Gasteiger partial charge in [-0.25, -0.2) is 4.79 Å². The predicted molar refractivity (Wildman–Crippen MR) is 71.5 cm³/mol. The minimum atomic E-state index is -0.00305. The van der Waals surface area contributed by atoms with E-state index < -0.39 is 0 Å². The number of carbonyl (C=O) groups excluding carboxylic acids is 2. The number of nitrogens with zero attached hydrogens (tertiary/aromatic N) is 2. The third-order valence-corrected chi connectivity index (χ3v) is 4.80. The lowest BCUT2D eigenvalue weighted by atomic mass is 10.0. The molecule has 3 aliphatic rings. The van der Waals surface area contributed by atoms with Crippen LogP contribution < -0.4 is 5.32 Å². The molecule has 1 heterocycles. The van der Waals surface area contributed by atoms with E-state index in [1.165, 1.54) is 6.42 Å². The molecule has 0 spiro atoms. The molecule has 5 nitrogen and oxygen atoms in total. The fraction of sp³-hybridized carbons (Fsp3) is 0.857. The number of nitrogens with one attached hydrogen (secondary N) is 1. The van der Waals surface area contributed by atoms with Gasteiger partial charge in [-0.15, -0.1) is 0 Å². The predicted octanol–water partition coefficient (Wildman–Crippen LogP) is 0.906. The first kappa shape index (κ1) is 12.8. The summed E-state index contributed by atoms with van der Waals surface area (Å²) >= 11 is 0. The average molecular weight is 265 g/mol.